The third-order valence-corrected chi connectivity index (χ3v) is 5.69. The summed E-state index contributed by atoms with van der Waals surface area (Å²) in [7, 11) is 4.87. The number of fused-ring (bicyclic) bond motifs is 1. The maximum Gasteiger partial charge on any atom is 0.163 e. The molecule has 0 saturated heterocycles. The summed E-state index contributed by atoms with van der Waals surface area (Å²) in [6, 6.07) is 9.52. The Morgan fingerprint density at radius 2 is 1.52 bits per heavy atom. The van der Waals surface area contributed by atoms with Crippen molar-refractivity contribution in [3.63, 3.8) is 0 Å². The van der Waals surface area contributed by atoms with Gasteiger partial charge in [0.2, 0.25) is 0 Å². The Kier molecular flexibility index (Phi) is 8.54. The number of rotatable bonds is 12. The summed E-state index contributed by atoms with van der Waals surface area (Å²) in [6.45, 7) is 10.9. The van der Waals surface area contributed by atoms with Crippen molar-refractivity contribution in [2.75, 3.05) is 59.4 Å². The monoisotopic (exact) mass is 455 g/mol. The maximum atomic E-state index is 5.78. The van der Waals surface area contributed by atoms with Gasteiger partial charge in [-0.2, -0.15) is 0 Å². The van der Waals surface area contributed by atoms with Gasteiger partial charge in [-0.25, -0.2) is 9.97 Å². The van der Waals surface area contributed by atoms with E-state index in [-0.39, 0.29) is 0 Å². The molecule has 3 aromatic rings. The first-order chi connectivity index (χ1) is 16.1. The number of nitrogens with zero attached hydrogens (tertiary/aromatic N) is 2. The fourth-order valence-electron chi connectivity index (χ4n) is 3.76. The fraction of sp³-hybridized carbons (Fsp3) is 0.440. The Labute approximate surface area is 195 Å². The van der Waals surface area contributed by atoms with Gasteiger partial charge in [-0.15, -0.1) is 0 Å². The van der Waals surface area contributed by atoms with E-state index in [1.165, 1.54) is 4.90 Å². The zero-order valence-electron chi connectivity index (χ0n) is 20.4. The van der Waals surface area contributed by atoms with Crippen molar-refractivity contribution in [1.29, 1.82) is 0 Å². The van der Waals surface area contributed by atoms with Crippen LogP contribution in [0.25, 0.3) is 22.3 Å². The van der Waals surface area contributed by atoms with Crippen LogP contribution in [0.4, 0.5) is 5.82 Å². The van der Waals surface area contributed by atoms with E-state index >= 15 is 0 Å². The molecule has 33 heavy (non-hydrogen) atoms. The van der Waals surface area contributed by atoms with Crippen LogP contribution in [0.1, 0.15) is 20.8 Å². The highest BCUT2D eigenvalue weighted by Crippen LogP contribution is 2.37. The molecule has 0 bridgehead atoms. The van der Waals surface area contributed by atoms with E-state index in [9.17, 15) is 0 Å². The molecule has 178 valence electrons. The molecule has 3 rings (SSSR count). The lowest BCUT2D eigenvalue weighted by molar-refractivity contribution is -0.894. The van der Waals surface area contributed by atoms with E-state index < -0.39 is 0 Å². The minimum atomic E-state index is 0.535. The van der Waals surface area contributed by atoms with Crippen LogP contribution in [0, 0.1) is 0 Å². The zero-order chi connectivity index (χ0) is 23.8. The molecule has 2 aromatic carbocycles. The molecule has 1 heterocycles. The summed E-state index contributed by atoms with van der Waals surface area (Å²) >= 11 is 0. The second kappa shape index (κ2) is 11.6. The summed E-state index contributed by atoms with van der Waals surface area (Å²) in [4.78, 5) is 11.2. The third-order valence-electron chi connectivity index (χ3n) is 5.69. The number of nitrogens with one attached hydrogen (secondary N) is 2. The lowest BCUT2D eigenvalue weighted by Crippen LogP contribution is -3.12. The van der Waals surface area contributed by atoms with Crippen LogP contribution in [0.3, 0.4) is 0 Å². The first-order valence-corrected chi connectivity index (χ1v) is 11.4. The fourth-order valence-corrected chi connectivity index (χ4v) is 3.76. The van der Waals surface area contributed by atoms with Crippen molar-refractivity contribution in [3.8, 4) is 34.4 Å². The summed E-state index contributed by atoms with van der Waals surface area (Å²) in [5, 5.41) is 4.41. The Hall–Kier alpha value is -3.26. The second-order valence-corrected chi connectivity index (χ2v) is 7.55. The van der Waals surface area contributed by atoms with E-state index in [0.717, 1.165) is 48.5 Å². The van der Waals surface area contributed by atoms with Crippen molar-refractivity contribution in [3.05, 3.63) is 30.3 Å². The van der Waals surface area contributed by atoms with E-state index in [2.05, 4.69) is 19.2 Å². The Morgan fingerprint density at radius 1 is 0.818 bits per heavy atom. The number of benzene rings is 2. The molecule has 2 N–H and O–H groups in total. The van der Waals surface area contributed by atoms with Crippen LogP contribution in [-0.2, 0) is 0 Å². The number of ether oxygens (including phenoxy) is 4. The van der Waals surface area contributed by atoms with Crippen molar-refractivity contribution >= 4 is 16.7 Å². The van der Waals surface area contributed by atoms with Crippen LogP contribution >= 0.6 is 0 Å². The largest absolute Gasteiger partial charge is 0.493 e. The molecule has 1 aromatic heterocycles. The van der Waals surface area contributed by atoms with Crippen LogP contribution in [0.2, 0.25) is 0 Å². The second-order valence-electron chi connectivity index (χ2n) is 7.55. The summed E-state index contributed by atoms with van der Waals surface area (Å²) in [6.07, 6.45) is 0. The predicted molar refractivity (Wildman–Crippen MR) is 131 cm³/mol. The van der Waals surface area contributed by atoms with E-state index in [1.54, 1.807) is 21.3 Å². The van der Waals surface area contributed by atoms with Gasteiger partial charge in [-0.05, 0) is 45.0 Å². The van der Waals surface area contributed by atoms with Gasteiger partial charge in [0.25, 0.3) is 0 Å². The van der Waals surface area contributed by atoms with Crippen LogP contribution in [0.5, 0.6) is 23.0 Å². The highest BCUT2D eigenvalue weighted by atomic mass is 16.5. The summed E-state index contributed by atoms with van der Waals surface area (Å²) in [5.74, 6) is 3.95. The quantitative estimate of drug-likeness (QED) is 0.435. The highest BCUT2D eigenvalue weighted by Gasteiger charge is 2.16. The maximum absolute atomic E-state index is 5.78. The molecule has 0 amide bonds. The lowest BCUT2D eigenvalue weighted by atomic mass is 10.1. The molecule has 0 radical (unpaired) electrons. The minimum Gasteiger partial charge on any atom is -0.493 e. The van der Waals surface area contributed by atoms with Gasteiger partial charge in [-0.1, -0.05) is 0 Å². The SMILES string of the molecule is CCOc1cc2nc(-c3ccc(OC)c(OC)c3)nc(NCC[NH+](CC)CC)c2cc1OC. The Bertz CT molecular complexity index is 1070. The van der Waals surface area contributed by atoms with Crippen molar-refractivity contribution in [2.24, 2.45) is 0 Å². The van der Waals surface area contributed by atoms with E-state index in [0.29, 0.717) is 35.4 Å². The highest BCUT2D eigenvalue weighted by molar-refractivity contribution is 5.93. The minimum absolute atomic E-state index is 0.535. The molecule has 0 aliphatic carbocycles. The number of aromatic nitrogens is 2. The van der Waals surface area contributed by atoms with Gasteiger partial charge in [0.15, 0.2) is 28.8 Å². The molecule has 0 atom stereocenters. The number of quaternary nitrogens is 1. The Balaban J connectivity index is 2.10. The van der Waals surface area contributed by atoms with Gasteiger partial charge in [0, 0.05) is 17.0 Å². The smallest absolute Gasteiger partial charge is 0.163 e. The predicted octanol–water partition coefficient (Wildman–Crippen LogP) is 3.06. The first-order valence-electron chi connectivity index (χ1n) is 11.4. The number of hydrogen-bond donors (Lipinski definition) is 2. The van der Waals surface area contributed by atoms with Gasteiger partial charge < -0.3 is 29.2 Å². The van der Waals surface area contributed by atoms with E-state index in [4.69, 9.17) is 28.9 Å². The molecular formula is C25H35N4O4+. The van der Waals surface area contributed by atoms with Crippen LogP contribution in [0.15, 0.2) is 30.3 Å². The summed E-state index contributed by atoms with van der Waals surface area (Å²) < 4.78 is 22.2. The number of hydrogen-bond acceptors (Lipinski definition) is 7. The van der Waals surface area contributed by atoms with Gasteiger partial charge in [0.05, 0.1) is 59.6 Å². The number of anilines is 1. The third kappa shape index (κ3) is 5.57. The van der Waals surface area contributed by atoms with Gasteiger partial charge in [-0.3, -0.25) is 0 Å². The Morgan fingerprint density at radius 3 is 2.15 bits per heavy atom. The zero-order valence-corrected chi connectivity index (χ0v) is 20.4. The topological polar surface area (TPSA) is 79.2 Å². The molecule has 0 unspecified atom stereocenters. The molecular weight excluding hydrogens is 420 g/mol. The van der Waals surface area contributed by atoms with Gasteiger partial charge >= 0.3 is 0 Å². The van der Waals surface area contributed by atoms with E-state index in [1.807, 2.05) is 37.3 Å². The molecule has 0 aliphatic heterocycles. The average Bonchev–Trinajstić information content (AvgIpc) is 2.85. The van der Waals surface area contributed by atoms with Crippen molar-refractivity contribution in [1.82, 2.24) is 9.97 Å². The number of likely N-dealkylation sites (N-methyl/N-ethyl adjacent to an activating group) is 1. The van der Waals surface area contributed by atoms with Crippen LogP contribution < -0.4 is 29.2 Å². The molecule has 0 saturated carbocycles. The van der Waals surface area contributed by atoms with Crippen LogP contribution in [-0.4, -0.2) is 64.1 Å². The van der Waals surface area contributed by atoms with Crippen molar-refractivity contribution in [2.45, 2.75) is 20.8 Å². The number of methoxy groups -OCH3 is 3. The average molecular weight is 456 g/mol. The molecule has 8 nitrogen and oxygen atoms in total. The lowest BCUT2D eigenvalue weighted by Gasteiger charge is -2.17. The standard InChI is InChI=1S/C25H34N4O4/c1-7-29(8-2)13-12-26-25-18-15-22(32-6)23(33-9-3)16-19(18)27-24(28-25)17-10-11-20(30-4)21(14-17)31-5/h10-11,14-16H,7-9,12-13H2,1-6H3,(H,26,27,28)/p+1. The van der Waals surface area contributed by atoms with Crippen molar-refractivity contribution < 1.29 is 23.8 Å². The molecule has 8 heteroatoms. The van der Waals surface area contributed by atoms with Gasteiger partial charge in [0.1, 0.15) is 5.82 Å². The normalized spacial score (nSPS) is 11.0. The molecule has 0 spiro atoms. The summed E-state index contributed by atoms with van der Waals surface area (Å²) in [5.41, 5.74) is 1.61. The first kappa shape index (κ1) is 24.4. The molecule has 0 aliphatic rings. The molecule has 0 fully saturated rings.